The molecule has 2 aliphatic heterocycles. The van der Waals surface area contributed by atoms with E-state index in [0.29, 0.717) is 25.5 Å². The predicted molar refractivity (Wildman–Crippen MR) is 98.6 cm³/mol. The molecule has 0 aromatic carbocycles. The van der Waals surface area contributed by atoms with Gasteiger partial charge in [0.15, 0.2) is 5.96 Å². The highest BCUT2D eigenvalue weighted by Gasteiger charge is 2.34. The molecule has 0 amide bonds. The molecule has 26 heavy (non-hydrogen) atoms. The summed E-state index contributed by atoms with van der Waals surface area (Å²) in [6, 6.07) is 0.0182. The molecule has 2 rings (SSSR count). The normalized spacial score (nSPS) is 24.7. The minimum Gasteiger partial charge on any atom is -0.356 e. The highest BCUT2D eigenvalue weighted by atomic mass is 19.4. The Labute approximate surface area is 154 Å². The van der Waals surface area contributed by atoms with Crippen molar-refractivity contribution >= 4 is 5.96 Å². The highest BCUT2D eigenvalue weighted by Crippen LogP contribution is 2.19. The second kappa shape index (κ2) is 10.3. The molecule has 152 valence electrons. The summed E-state index contributed by atoms with van der Waals surface area (Å²) in [5, 5.41) is 6.53. The smallest absolute Gasteiger partial charge is 0.356 e. The van der Waals surface area contributed by atoms with E-state index in [2.05, 4.69) is 32.5 Å². The number of nitrogens with one attached hydrogen (secondary N) is 2. The summed E-state index contributed by atoms with van der Waals surface area (Å²) in [5.74, 6) is 0.680. The second-order valence-electron chi connectivity index (χ2n) is 7.33. The number of likely N-dealkylation sites (N-methyl/N-ethyl adjacent to an activating group) is 1. The lowest BCUT2D eigenvalue weighted by Crippen LogP contribution is -2.45. The second-order valence-corrected chi connectivity index (χ2v) is 7.33. The fraction of sp³-hybridized carbons (Fsp3) is 0.941. The fourth-order valence-corrected chi connectivity index (χ4v) is 3.57. The van der Waals surface area contributed by atoms with Crippen molar-refractivity contribution in [3.8, 4) is 0 Å². The Kier molecular flexibility index (Phi) is 8.43. The van der Waals surface area contributed by atoms with E-state index >= 15 is 0 Å². The topological polar surface area (TPSA) is 46.1 Å². The summed E-state index contributed by atoms with van der Waals surface area (Å²) in [5.41, 5.74) is 0. The Bertz CT molecular complexity index is 443. The van der Waals surface area contributed by atoms with Crippen molar-refractivity contribution < 1.29 is 13.2 Å². The van der Waals surface area contributed by atoms with Crippen LogP contribution in [0.5, 0.6) is 0 Å². The Balaban J connectivity index is 1.61. The molecule has 1 unspecified atom stereocenters. The van der Waals surface area contributed by atoms with Gasteiger partial charge in [-0.25, -0.2) is 0 Å². The van der Waals surface area contributed by atoms with Gasteiger partial charge in [0.2, 0.25) is 0 Å². The van der Waals surface area contributed by atoms with Gasteiger partial charge in [0.1, 0.15) is 0 Å². The van der Waals surface area contributed by atoms with Gasteiger partial charge >= 0.3 is 6.18 Å². The number of alkyl halides is 3. The summed E-state index contributed by atoms with van der Waals surface area (Å²) in [7, 11) is 3.86. The zero-order valence-electron chi connectivity index (χ0n) is 16.0. The third-order valence-electron chi connectivity index (χ3n) is 5.00. The summed E-state index contributed by atoms with van der Waals surface area (Å²) >= 11 is 0. The largest absolute Gasteiger partial charge is 0.401 e. The average Bonchev–Trinajstić information content (AvgIpc) is 2.88. The molecular weight excluding hydrogens is 345 g/mol. The Morgan fingerprint density at radius 3 is 2.65 bits per heavy atom. The summed E-state index contributed by atoms with van der Waals surface area (Å²) in [6.07, 6.45) is -1.19. The molecule has 2 aliphatic rings. The number of guanidine groups is 1. The molecule has 0 aromatic rings. The molecule has 0 saturated carbocycles. The van der Waals surface area contributed by atoms with Gasteiger partial charge in [-0.2, -0.15) is 13.2 Å². The number of hydrogen-bond acceptors (Lipinski definition) is 4. The van der Waals surface area contributed by atoms with Gasteiger partial charge in [-0.3, -0.25) is 9.89 Å². The number of aliphatic imine (C=N–C) groups is 1. The third-order valence-corrected chi connectivity index (χ3v) is 5.00. The van der Waals surface area contributed by atoms with E-state index in [1.807, 2.05) is 0 Å². The lowest BCUT2D eigenvalue weighted by molar-refractivity contribution is -0.143. The Hall–Kier alpha value is -1.06. The molecule has 2 heterocycles. The lowest BCUT2D eigenvalue weighted by Gasteiger charge is -2.21. The maximum Gasteiger partial charge on any atom is 0.401 e. The van der Waals surface area contributed by atoms with Gasteiger partial charge in [0.25, 0.3) is 0 Å². The maximum absolute atomic E-state index is 12.5. The minimum absolute atomic E-state index is 0.0182. The van der Waals surface area contributed by atoms with Gasteiger partial charge in [-0.05, 0) is 45.9 Å². The highest BCUT2D eigenvalue weighted by molar-refractivity contribution is 5.79. The van der Waals surface area contributed by atoms with Crippen molar-refractivity contribution in [3.63, 3.8) is 0 Å². The minimum atomic E-state index is -4.13. The van der Waals surface area contributed by atoms with E-state index < -0.39 is 12.7 Å². The fourth-order valence-electron chi connectivity index (χ4n) is 3.57. The number of likely N-dealkylation sites (tertiary alicyclic amines) is 1. The Morgan fingerprint density at radius 2 is 1.92 bits per heavy atom. The first-order valence-corrected chi connectivity index (χ1v) is 9.53. The van der Waals surface area contributed by atoms with Gasteiger partial charge in [0.05, 0.1) is 6.54 Å². The molecule has 0 radical (unpaired) electrons. The quantitative estimate of drug-likeness (QED) is 0.407. The molecule has 0 bridgehead atoms. The molecule has 2 N–H and O–H groups in total. The van der Waals surface area contributed by atoms with Crippen molar-refractivity contribution in [3.05, 3.63) is 0 Å². The molecule has 0 aliphatic carbocycles. The van der Waals surface area contributed by atoms with Crippen LogP contribution in [0.3, 0.4) is 0 Å². The SMILES string of the molecule is CN=C(NCCCN1CCCN(C)CC1)NC1CCN(CC(F)(F)F)C1. The van der Waals surface area contributed by atoms with Gasteiger partial charge in [-0.1, -0.05) is 0 Å². The Morgan fingerprint density at radius 1 is 1.12 bits per heavy atom. The first-order chi connectivity index (χ1) is 12.4. The average molecular weight is 378 g/mol. The molecule has 1 atom stereocenters. The van der Waals surface area contributed by atoms with Crippen LogP contribution < -0.4 is 10.6 Å². The molecule has 0 spiro atoms. The molecule has 0 aromatic heterocycles. The van der Waals surface area contributed by atoms with Crippen LogP contribution in [0.4, 0.5) is 13.2 Å². The van der Waals surface area contributed by atoms with Crippen molar-refractivity contribution in [2.24, 2.45) is 4.99 Å². The molecular formula is C17H33F3N6. The van der Waals surface area contributed by atoms with Crippen LogP contribution in [0.25, 0.3) is 0 Å². The van der Waals surface area contributed by atoms with Crippen molar-refractivity contribution in [2.75, 3.05) is 73.0 Å². The zero-order chi connectivity index (χ0) is 19.0. The summed E-state index contributed by atoms with van der Waals surface area (Å²) in [4.78, 5) is 10.5. The van der Waals surface area contributed by atoms with Gasteiger partial charge in [0, 0.05) is 45.8 Å². The maximum atomic E-state index is 12.5. The molecule has 2 fully saturated rings. The number of nitrogens with zero attached hydrogens (tertiary/aromatic N) is 4. The molecule has 2 saturated heterocycles. The van der Waals surface area contributed by atoms with E-state index in [1.54, 1.807) is 7.05 Å². The number of hydrogen-bond donors (Lipinski definition) is 2. The van der Waals surface area contributed by atoms with Crippen LogP contribution in [0.15, 0.2) is 4.99 Å². The van der Waals surface area contributed by atoms with Crippen molar-refractivity contribution in [1.29, 1.82) is 0 Å². The van der Waals surface area contributed by atoms with Crippen LogP contribution in [-0.2, 0) is 0 Å². The van der Waals surface area contributed by atoms with Gasteiger partial charge in [-0.15, -0.1) is 0 Å². The van der Waals surface area contributed by atoms with Crippen molar-refractivity contribution in [2.45, 2.75) is 31.5 Å². The molecule has 6 nitrogen and oxygen atoms in total. The number of halogens is 3. The van der Waals surface area contributed by atoms with E-state index in [4.69, 9.17) is 0 Å². The molecule has 9 heteroatoms. The number of rotatable bonds is 6. The van der Waals surface area contributed by atoms with E-state index in [1.165, 1.54) is 11.3 Å². The lowest BCUT2D eigenvalue weighted by atomic mass is 10.3. The zero-order valence-corrected chi connectivity index (χ0v) is 16.0. The van der Waals surface area contributed by atoms with E-state index in [9.17, 15) is 13.2 Å². The van der Waals surface area contributed by atoms with Crippen LogP contribution in [-0.4, -0.2) is 106 Å². The van der Waals surface area contributed by atoms with Crippen LogP contribution >= 0.6 is 0 Å². The van der Waals surface area contributed by atoms with Crippen LogP contribution in [0.1, 0.15) is 19.3 Å². The van der Waals surface area contributed by atoms with Crippen molar-refractivity contribution in [1.82, 2.24) is 25.3 Å². The van der Waals surface area contributed by atoms with Gasteiger partial charge < -0.3 is 20.4 Å². The standard InChI is InChI=1S/C17H33F3N6/c1-21-16(23-15-5-10-26(13-15)14-17(18,19)20)22-6-3-8-25-9-4-7-24(2)11-12-25/h15H,3-14H2,1-2H3,(H2,21,22,23). The first kappa shape index (κ1) is 21.2. The summed E-state index contributed by atoms with van der Waals surface area (Å²) < 4.78 is 37.4. The van der Waals surface area contributed by atoms with E-state index in [0.717, 1.165) is 45.7 Å². The summed E-state index contributed by atoms with van der Waals surface area (Å²) in [6.45, 7) is 6.45. The third kappa shape index (κ3) is 8.09. The first-order valence-electron chi connectivity index (χ1n) is 9.53. The van der Waals surface area contributed by atoms with Crippen LogP contribution in [0.2, 0.25) is 0 Å². The van der Waals surface area contributed by atoms with Crippen LogP contribution in [0, 0.1) is 0 Å². The predicted octanol–water partition coefficient (Wildman–Crippen LogP) is 0.816. The van der Waals surface area contributed by atoms with E-state index in [-0.39, 0.29) is 6.04 Å². The monoisotopic (exact) mass is 378 g/mol.